The van der Waals surface area contributed by atoms with Gasteiger partial charge in [-0.2, -0.15) is 0 Å². The zero-order valence-corrected chi connectivity index (χ0v) is 17.1. The Bertz CT molecular complexity index is 939. The molecule has 0 atom stereocenters. The first kappa shape index (κ1) is 20.4. The smallest absolute Gasteiger partial charge is 0.261 e. The Morgan fingerprint density at radius 1 is 1.18 bits per heavy atom. The Morgan fingerprint density at radius 2 is 1.93 bits per heavy atom. The van der Waals surface area contributed by atoms with E-state index in [0.717, 1.165) is 42.5 Å². The van der Waals surface area contributed by atoms with Gasteiger partial charge in [-0.15, -0.1) is 0 Å². The third kappa shape index (κ3) is 4.54. The van der Waals surface area contributed by atoms with Crippen LogP contribution in [0.15, 0.2) is 47.4 Å². The monoisotopic (exact) mass is 402 g/mol. The fraction of sp³-hybridized carbons (Fsp3) is 0.381. The van der Waals surface area contributed by atoms with E-state index in [1.807, 2.05) is 18.2 Å². The van der Waals surface area contributed by atoms with Gasteiger partial charge in [0.25, 0.3) is 15.9 Å². The summed E-state index contributed by atoms with van der Waals surface area (Å²) < 4.78 is 33.1. The molecule has 7 heteroatoms. The van der Waals surface area contributed by atoms with Crippen molar-refractivity contribution in [3.63, 3.8) is 0 Å². The van der Waals surface area contributed by atoms with E-state index in [9.17, 15) is 13.2 Å². The summed E-state index contributed by atoms with van der Waals surface area (Å²) in [6.07, 6.45) is 3.66. The summed E-state index contributed by atoms with van der Waals surface area (Å²) in [6, 6.07) is 12.3. The average Bonchev–Trinajstić information content (AvgIpc) is 2.68. The molecule has 0 saturated carbocycles. The fourth-order valence-electron chi connectivity index (χ4n) is 3.44. The number of hydrogen-bond donors (Lipinski definition) is 1. The van der Waals surface area contributed by atoms with Gasteiger partial charge in [0.05, 0.1) is 10.6 Å². The molecule has 1 N–H and O–H groups in total. The topological polar surface area (TPSA) is 75.7 Å². The number of fused-ring (bicyclic) bond motifs is 1. The summed E-state index contributed by atoms with van der Waals surface area (Å²) in [5, 5.41) is 0. The van der Waals surface area contributed by atoms with Crippen LogP contribution in [-0.2, 0) is 32.4 Å². The third-order valence-corrected chi connectivity index (χ3v) is 6.19. The summed E-state index contributed by atoms with van der Waals surface area (Å²) in [5.41, 5.74) is 3.32. The van der Waals surface area contributed by atoms with Crippen molar-refractivity contribution in [2.24, 2.45) is 0 Å². The summed E-state index contributed by atoms with van der Waals surface area (Å²) in [5.74, 6) is -0.130. The highest BCUT2D eigenvalue weighted by molar-refractivity contribution is 7.92. The maximum atomic E-state index is 12.7. The van der Waals surface area contributed by atoms with E-state index in [1.54, 1.807) is 29.2 Å². The molecule has 0 aliphatic carbocycles. The number of rotatable bonds is 7. The van der Waals surface area contributed by atoms with E-state index < -0.39 is 10.0 Å². The van der Waals surface area contributed by atoms with Gasteiger partial charge in [0, 0.05) is 19.3 Å². The zero-order valence-electron chi connectivity index (χ0n) is 16.3. The number of amides is 1. The molecular weight excluding hydrogens is 376 g/mol. The minimum atomic E-state index is -3.70. The molecule has 1 heterocycles. The number of nitrogens with one attached hydrogen (secondary N) is 1. The number of anilines is 2. The molecular formula is C21H26N2O4S. The average molecular weight is 403 g/mol. The molecule has 3 rings (SSSR count). The van der Waals surface area contributed by atoms with Gasteiger partial charge in [-0.3, -0.25) is 9.52 Å². The van der Waals surface area contributed by atoms with Crippen LogP contribution in [0.4, 0.5) is 11.4 Å². The predicted molar refractivity (Wildman–Crippen MR) is 110 cm³/mol. The Hall–Kier alpha value is -2.38. The van der Waals surface area contributed by atoms with Crippen LogP contribution in [0.2, 0.25) is 0 Å². The normalized spacial score (nSPS) is 13.9. The molecule has 0 bridgehead atoms. The molecule has 0 spiro atoms. The second-order valence-corrected chi connectivity index (χ2v) is 8.61. The highest BCUT2D eigenvalue weighted by Gasteiger charge is 2.23. The van der Waals surface area contributed by atoms with Crippen LogP contribution in [0.5, 0.6) is 0 Å². The lowest BCUT2D eigenvalue weighted by Gasteiger charge is -2.30. The Kier molecular flexibility index (Phi) is 6.36. The van der Waals surface area contributed by atoms with Crippen molar-refractivity contribution in [3.05, 3.63) is 53.6 Å². The van der Waals surface area contributed by atoms with Crippen LogP contribution in [0.25, 0.3) is 0 Å². The molecule has 0 saturated heterocycles. The molecule has 1 aliphatic rings. The van der Waals surface area contributed by atoms with Gasteiger partial charge in [0.2, 0.25) is 0 Å². The number of sulfonamides is 1. The maximum Gasteiger partial charge on any atom is 0.261 e. The molecule has 2 aromatic rings. The van der Waals surface area contributed by atoms with E-state index in [2.05, 4.69) is 11.6 Å². The number of aryl methyl sites for hydroxylation is 2. The third-order valence-electron chi connectivity index (χ3n) is 4.80. The van der Waals surface area contributed by atoms with Crippen molar-refractivity contribution in [2.75, 3.05) is 29.9 Å². The number of ether oxygens (including phenoxy) is 1. The SMILES string of the molecule is CCCc1ccc(S(=O)(=O)Nc2ccc3c(c2)N(C(=O)COC)CCC3)cc1. The number of carbonyl (C=O) groups excluding carboxylic acids is 1. The molecule has 1 amide bonds. The first-order chi connectivity index (χ1) is 13.4. The molecule has 1 aliphatic heterocycles. The largest absolute Gasteiger partial charge is 0.375 e. The minimum Gasteiger partial charge on any atom is -0.375 e. The number of benzene rings is 2. The lowest BCUT2D eigenvalue weighted by atomic mass is 10.0. The van der Waals surface area contributed by atoms with Crippen LogP contribution in [-0.4, -0.2) is 34.6 Å². The van der Waals surface area contributed by atoms with E-state index >= 15 is 0 Å². The van der Waals surface area contributed by atoms with Gasteiger partial charge < -0.3 is 9.64 Å². The Morgan fingerprint density at radius 3 is 2.61 bits per heavy atom. The summed E-state index contributed by atoms with van der Waals surface area (Å²) in [6.45, 7) is 2.69. The van der Waals surface area contributed by atoms with Crippen molar-refractivity contribution >= 4 is 27.3 Å². The highest BCUT2D eigenvalue weighted by Crippen LogP contribution is 2.31. The lowest BCUT2D eigenvalue weighted by Crippen LogP contribution is -2.37. The number of hydrogen-bond acceptors (Lipinski definition) is 4. The zero-order chi connectivity index (χ0) is 20.1. The van der Waals surface area contributed by atoms with E-state index in [4.69, 9.17) is 4.74 Å². The van der Waals surface area contributed by atoms with Crippen molar-refractivity contribution < 1.29 is 17.9 Å². The van der Waals surface area contributed by atoms with E-state index in [1.165, 1.54) is 7.11 Å². The van der Waals surface area contributed by atoms with Crippen molar-refractivity contribution in [1.29, 1.82) is 0 Å². The van der Waals surface area contributed by atoms with Crippen molar-refractivity contribution in [2.45, 2.75) is 37.5 Å². The lowest BCUT2D eigenvalue weighted by molar-refractivity contribution is -0.122. The second-order valence-electron chi connectivity index (χ2n) is 6.92. The highest BCUT2D eigenvalue weighted by atomic mass is 32.2. The number of nitrogens with zero attached hydrogens (tertiary/aromatic N) is 1. The van der Waals surface area contributed by atoms with E-state index in [0.29, 0.717) is 12.2 Å². The van der Waals surface area contributed by atoms with Crippen LogP contribution in [0, 0.1) is 0 Å². The number of carbonyl (C=O) groups is 1. The molecule has 28 heavy (non-hydrogen) atoms. The van der Waals surface area contributed by atoms with Crippen LogP contribution < -0.4 is 9.62 Å². The van der Waals surface area contributed by atoms with Crippen molar-refractivity contribution in [3.8, 4) is 0 Å². The maximum absolute atomic E-state index is 12.7. The second kappa shape index (κ2) is 8.75. The molecule has 2 aromatic carbocycles. The molecule has 0 radical (unpaired) electrons. The standard InChI is InChI=1S/C21H26N2O4S/c1-3-5-16-7-11-19(12-8-16)28(25,26)22-18-10-9-17-6-4-13-23(20(17)14-18)21(24)15-27-2/h7-12,14,22H,3-6,13,15H2,1-2H3. The van der Waals surface area contributed by atoms with Gasteiger partial charge in [-0.25, -0.2) is 8.42 Å². The van der Waals surface area contributed by atoms with Crippen LogP contribution >= 0.6 is 0 Å². The molecule has 0 aromatic heterocycles. The van der Waals surface area contributed by atoms with Gasteiger partial charge in [0.1, 0.15) is 6.61 Å². The summed E-state index contributed by atoms with van der Waals surface area (Å²) >= 11 is 0. The Balaban J connectivity index is 1.84. The van der Waals surface area contributed by atoms with E-state index in [-0.39, 0.29) is 17.4 Å². The first-order valence-electron chi connectivity index (χ1n) is 9.48. The number of methoxy groups -OCH3 is 1. The quantitative estimate of drug-likeness (QED) is 0.770. The van der Waals surface area contributed by atoms with Gasteiger partial charge >= 0.3 is 0 Å². The van der Waals surface area contributed by atoms with Crippen LogP contribution in [0.3, 0.4) is 0 Å². The summed E-state index contributed by atoms with van der Waals surface area (Å²) in [7, 11) is -2.21. The van der Waals surface area contributed by atoms with Crippen LogP contribution in [0.1, 0.15) is 30.9 Å². The molecule has 0 fully saturated rings. The van der Waals surface area contributed by atoms with Gasteiger partial charge in [0.15, 0.2) is 0 Å². The fourth-order valence-corrected chi connectivity index (χ4v) is 4.49. The van der Waals surface area contributed by atoms with Gasteiger partial charge in [-0.1, -0.05) is 31.5 Å². The first-order valence-corrected chi connectivity index (χ1v) is 11.0. The molecule has 6 nitrogen and oxygen atoms in total. The minimum absolute atomic E-state index is 0.000493. The predicted octanol–water partition coefficient (Wildman–Crippen LogP) is 3.37. The molecule has 150 valence electrons. The molecule has 0 unspecified atom stereocenters. The Labute approximate surface area is 166 Å². The summed E-state index contributed by atoms with van der Waals surface area (Å²) in [4.78, 5) is 14.2. The van der Waals surface area contributed by atoms with Gasteiger partial charge in [-0.05, 0) is 54.7 Å². The van der Waals surface area contributed by atoms with Crippen molar-refractivity contribution in [1.82, 2.24) is 0 Å².